The number of halogens is 1. The van der Waals surface area contributed by atoms with Gasteiger partial charge in [0, 0.05) is 22.0 Å². The zero-order chi connectivity index (χ0) is 15.3. The van der Waals surface area contributed by atoms with Gasteiger partial charge in [-0.05, 0) is 28.8 Å². The fraction of sp³-hybridized carbons (Fsp3) is 0.278. The smallest absolute Gasteiger partial charge is 0.168 e. The second-order valence-electron chi connectivity index (χ2n) is 5.96. The lowest BCUT2D eigenvalue weighted by Crippen LogP contribution is -2.20. The van der Waals surface area contributed by atoms with Crippen LogP contribution in [-0.4, -0.2) is 23.2 Å². The molecule has 112 valence electrons. The standard InChI is InChI=1S/C18H17ClN2S/c1-11(2)17-16(21-9-8-20-18(21)22-17)14-5-3-4-12-6-7-13(19)10-15(12)14/h3-7,10-11H,8-9H2,1-2H3. The Morgan fingerprint density at radius 2 is 2.09 bits per heavy atom. The lowest BCUT2D eigenvalue weighted by atomic mass is 9.99. The predicted molar refractivity (Wildman–Crippen MR) is 97.3 cm³/mol. The van der Waals surface area contributed by atoms with E-state index in [0.29, 0.717) is 5.92 Å². The molecule has 2 aromatic rings. The van der Waals surface area contributed by atoms with Crippen molar-refractivity contribution in [2.75, 3.05) is 13.1 Å². The maximum atomic E-state index is 6.25. The van der Waals surface area contributed by atoms with Crippen LogP contribution in [0.3, 0.4) is 0 Å². The Balaban J connectivity index is 1.98. The predicted octanol–water partition coefficient (Wildman–Crippen LogP) is 5.24. The van der Waals surface area contributed by atoms with Gasteiger partial charge in [-0.2, -0.15) is 0 Å². The van der Waals surface area contributed by atoms with Crippen LogP contribution in [0.25, 0.3) is 16.5 Å². The second kappa shape index (κ2) is 5.32. The zero-order valence-corrected chi connectivity index (χ0v) is 14.2. The zero-order valence-electron chi connectivity index (χ0n) is 12.6. The van der Waals surface area contributed by atoms with Gasteiger partial charge in [0.05, 0.1) is 12.2 Å². The number of nitrogens with zero attached hydrogens (tertiary/aromatic N) is 2. The highest BCUT2D eigenvalue weighted by molar-refractivity contribution is 8.17. The first-order chi connectivity index (χ1) is 10.6. The summed E-state index contributed by atoms with van der Waals surface area (Å²) in [6, 6.07) is 12.6. The van der Waals surface area contributed by atoms with Gasteiger partial charge < -0.3 is 4.90 Å². The molecule has 0 amide bonds. The maximum Gasteiger partial charge on any atom is 0.168 e. The van der Waals surface area contributed by atoms with Crippen LogP contribution in [-0.2, 0) is 0 Å². The first-order valence-corrected chi connectivity index (χ1v) is 8.77. The quantitative estimate of drug-likeness (QED) is 0.749. The average Bonchev–Trinajstić information content (AvgIpc) is 3.07. The second-order valence-corrected chi connectivity index (χ2v) is 7.40. The summed E-state index contributed by atoms with van der Waals surface area (Å²) in [6.45, 7) is 6.37. The molecule has 2 aliphatic rings. The minimum atomic E-state index is 0.489. The molecule has 4 heteroatoms. The molecule has 4 rings (SSSR count). The van der Waals surface area contributed by atoms with E-state index in [0.717, 1.165) is 23.3 Å². The molecule has 0 aliphatic carbocycles. The summed E-state index contributed by atoms with van der Waals surface area (Å²) in [5, 5.41) is 4.38. The number of allylic oxidation sites excluding steroid dienone is 1. The van der Waals surface area contributed by atoms with Gasteiger partial charge in [-0.3, -0.25) is 4.99 Å². The Labute approximate surface area is 139 Å². The van der Waals surface area contributed by atoms with Crippen molar-refractivity contribution in [2.45, 2.75) is 13.8 Å². The molecule has 0 N–H and O–H groups in total. The van der Waals surface area contributed by atoms with Gasteiger partial charge in [0.25, 0.3) is 0 Å². The molecule has 2 aliphatic heterocycles. The molecule has 2 nitrogen and oxygen atoms in total. The summed E-state index contributed by atoms with van der Waals surface area (Å²) in [5.74, 6) is 0.489. The van der Waals surface area contributed by atoms with Crippen molar-refractivity contribution in [3.05, 3.63) is 51.9 Å². The van der Waals surface area contributed by atoms with Crippen LogP contribution >= 0.6 is 23.4 Å². The number of hydrogen-bond donors (Lipinski definition) is 0. The highest BCUT2D eigenvalue weighted by Crippen LogP contribution is 2.46. The molecule has 2 heterocycles. The fourth-order valence-corrected chi connectivity index (χ4v) is 4.49. The maximum absolute atomic E-state index is 6.25. The molecule has 0 fully saturated rings. The summed E-state index contributed by atoms with van der Waals surface area (Å²) in [4.78, 5) is 8.42. The van der Waals surface area contributed by atoms with Crippen LogP contribution in [0, 0.1) is 5.92 Å². The molecule has 0 radical (unpaired) electrons. The van der Waals surface area contributed by atoms with Crippen molar-refractivity contribution < 1.29 is 0 Å². The highest BCUT2D eigenvalue weighted by atomic mass is 35.5. The summed E-state index contributed by atoms with van der Waals surface area (Å²) in [5.41, 5.74) is 2.59. The minimum Gasteiger partial charge on any atom is -0.318 e. The van der Waals surface area contributed by atoms with Crippen molar-refractivity contribution >= 4 is 45.0 Å². The number of fused-ring (bicyclic) bond motifs is 2. The summed E-state index contributed by atoms with van der Waals surface area (Å²) < 4.78 is 0. The molecule has 0 unspecified atom stereocenters. The third-order valence-electron chi connectivity index (χ3n) is 4.13. The minimum absolute atomic E-state index is 0.489. The van der Waals surface area contributed by atoms with Gasteiger partial charge in [-0.1, -0.05) is 61.5 Å². The largest absolute Gasteiger partial charge is 0.318 e. The van der Waals surface area contributed by atoms with Crippen LogP contribution in [0.1, 0.15) is 19.4 Å². The van der Waals surface area contributed by atoms with Crippen LogP contribution in [0.5, 0.6) is 0 Å². The van der Waals surface area contributed by atoms with Gasteiger partial charge in [-0.25, -0.2) is 0 Å². The normalized spacial score (nSPS) is 17.6. The molecule has 0 aromatic heterocycles. The first-order valence-electron chi connectivity index (χ1n) is 7.58. The van der Waals surface area contributed by atoms with Gasteiger partial charge in [0.15, 0.2) is 5.17 Å². The third-order valence-corrected chi connectivity index (χ3v) is 5.78. The van der Waals surface area contributed by atoms with Crippen molar-refractivity contribution in [3.63, 3.8) is 0 Å². The van der Waals surface area contributed by atoms with E-state index in [-0.39, 0.29) is 0 Å². The van der Waals surface area contributed by atoms with E-state index in [1.165, 1.54) is 26.9 Å². The van der Waals surface area contributed by atoms with E-state index in [9.17, 15) is 0 Å². The van der Waals surface area contributed by atoms with Crippen molar-refractivity contribution in [3.8, 4) is 0 Å². The Morgan fingerprint density at radius 3 is 2.91 bits per heavy atom. The van der Waals surface area contributed by atoms with E-state index in [4.69, 9.17) is 11.6 Å². The van der Waals surface area contributed by atoms with Crippen molar-refractivity contribution in [2.24, 2.45) is 10.9 Å². The van der Waals surface area contributed by atoms with Gasteiger partial charge in [0.2, 0.25) is 0 Å². The van der Waals surface area contributed by atoms with Crippen LogP contribution in [0.4, 0.5) is 0 Å². The lowest BCUT2D eigenvalue weighted by Gasteiger charge is -2.20. The SMILES string of the molecule is CC(C)C1=C(c2cccc3ccc(Cl)cc23)N2CCN=C2S1. The number of rotatable bonds is 2. The van der Waals surface area contributed by atoms with E-state index < -0.39 is 0 Å². The van der Waals surface area contributed by atoms with Crippen molar-refractivity contribution in [1.82, 2.24) is 4.90 Å². The summed E-state index contributed by atoms with van der Waals surface area (Å²) >= 11 is 8.08. The molecule has 0 bridgehead atoms. The van der Waals surface area contributed by atoms with Gasteiger partial charge >= 0.3 is 0 Å². The molecule has 0 saturated heterocycles. The molecular weight excluding hydrogens is 312 g/mol. The van der Waals surface area contributed by atoms with Gasteiger partial charge in [0.1, 0.15) is 0 Å². The Hall–Kier alpha value is -1.45. The molecule has 22 heavy (non-hydrogen) atoms. The van der Waals surface area contributed by atoms with E-state index in [1.807, 2.05) is 17.8 Å². The highest BCUT2D eigenvalue weighted by Gasteiger charge is 2.34. The number of aliphatic imine (C=N–C) groups is 1. The summed E-state index contributed by atoms with van der Waals surface area (Å²) in [7, 11) is 0. The molecule has 2 aromatic carbocycles. The van der Waals surface area contributed by atoms with Crippen LogP contribution < -0.4 is 0 Å². The number of hydrogen-bond acceptors (Lipinski definition) is 3. The molecular formula is C18H17ClN2S. The summed E-state index contributed by atoms with van der Waals surface area (Å²) in [6.07, 6.45) is 0. The fourth-order valence-electron chi connectivity index (χ4n) is 3.12. The first kappa shape index (κ1) is 14.2. The number of thioether (sulfide) groups is 1. The monoisotopic (exact) mass is 328 g/mol. The topological polar surface area (TPSA) is 15.6 Å². The average molecular weight is 329 g/mol. The van der Waals surface area contributed by atoms with Gasteiger partial charge in [-0.15, -0.1) is 0 Å². The van der Waals surface area contributed by atoms with E-state index >= 15 is 0 Å². The molecule has 0 spiro atoms. The molecule has 0 saturated carbocycles. The van der Waals surface area contributed by atoms with Crippen LogP contribution in [0.15, 0.2) is 46.3 Å². The van der Waals surface area contributed by atoms with E-state index in [1.54, 1.807) is 0 Å². The Morgan fingerprint density at radius 1 is 1.23 bits per heavy atom. The van der Waals surface area contributed by atoms with Crippen LogP contribution in [0.2, 0.25) is 5.02 Å². The number of benzene rings is 2. The lowest BCUT2D eigenvalue weighted by molar-refractivity contribution is 0.641. The van der Waals surface area contributed by atoms with E-state index in [2.05, 4.69) is 54.1 Å². The number of amidine groups is 1. The van der Waals surface area contributed by atoms with Crippen molar-refractivity contribution in [1.29, 1.82) is 0 Å². The Bertz CT molecular complexity index is 823. The molecule has 0 atom stereocenters. The Kier molecular flexibility index (Phi) is 3.43. The third kappa shape index (κ3) is 2.15.